The predicted molar refractivity (Wildman–Crippen MR) is 29.4 cm³/mol. The van der Waals surface area contributed by atoms with Crippen molar-refractivity contribution < 1.29 is 0 Å². The Bertz CT molecular complexity index is 40.7. The van der Waals surface area contributed by atoms with Crippen molar-refractivity contribution >= 4 is 0 Å². The molecule has 3 nitrogen and oxygen atoms in total. The Morgan fingerprint density at radius 2 is 2.29 bits per heavy atom. The summed E-state index contributed by atoms with van der Waals surface area (Å²) < 4.78 is 0. The van der Waals surface area contributed by atoms with E-state index >= 15 is 0 Å². The second-order valence-corrected chi connectivity index (χ2v) is 1.33. The van der Waals surface area contributed by atoms with Crippen LogP contribution < -0.4 is 5.43 Å². The molecule has 0 heterocycles. The molecule has 0 aromatic heterocycles. The van der Waals surface area contributed by atoms with Gasteiger partial charge in [0.2, 0.25) is 0 Å². The Morgan fingerprint density at radius 3 is 2.43 bits per heavy atom. The summed E-state index contributed by atoms with van der Waals surface area (Å²) >= 11 is 0. The molecule has 0 unspecified atom stereocenters. The number of hydrogen-bond acceptors (Lipinski definition) is 3. The molecule has 0 rings (SSSR count). The number of nitrogens with one attached hydrogen (secondary N) is 1. The first-order chi connectivity index (χ1) is 3.31. The fourth-order valence-electron chi connectivity index (χ4n) is 0.315. The molecule has 1 N–H and O–H groups in total. The van der Waals surface area contributed by atoms with Crippen molar-refractivity contribution in [1.82, 2.24) is 10.6 Å². The van der Waals surface area contributed by atoms with Crippen LogP contribution in [-0.4, -0.2) is 18.8 Å². The van der Waals surface area contributed by atoms with Gasteiger partial charge in [0.05, 0.1) is 0 Å². The van der Waals surface area contributed by atoms with Gasteiger partial charge >= 0.3 is 0 Å². The van der Waals surface area contributed by atoms with Crippen LogP contribution in [0.25, 0.3) is 0 Å². The van der Waals surface area contributed by atoms with Crippen LogP contribution in [0, 0.1) is 5.21 Å². The van der Waals surface area contributed by atoms with Crippen LogP contribution in [0.1, 0.15) is 13.3 Å². The van der Waals surface area contributed by atoms with E-state index in [2.05, 4.69) is 5.43 Å². The number of hydrazine groups is 1. The van der Waals surface area contributed by atoms with E-state index in [-0.39, 0.29) is 0 Å². The Morgan fingerprint density at radius 1 is 1.71 bits per heavy atom. The zero-order chi connectivity index (χ0) is 5.70. The lowest BCUT2D eigenvalue weighted by Crippen LogP contribution is -2.29. The predicted octanol–water partition coefficient (Wildman–Crippen LogP) is 0.331. The highest BCUT2D eigenvalue weighted by atomic mass is 16.5. The van der Waals surface area contributed by atoms with Crippen molar-refractivity contribution in [3.63, 3.8) is 0 Å². The van der Waals surface area contributed by atoms with Gasteiger partial charge in [0.25, 0.3) is 0 Å². The van der Waals surface area contributed by atoms with Crippen LogP contribution in [-0.2, 0) is 0 Å². The highest BCUT2D eigenvalue weighted by molar-refractivity contribution is 4.43. The van der Waals surface area contributed by atoms with E-state index in [0.29, 0.717) is 6.54 Å². The van der Waals surface area contributed by atoms with E-state index in [1.54, 1.807) is 7.05 Å². The van der Waals surface area contributed by atoms with Crippen molar-refractivity contribution in [3.05, 3.63) is 5.21 Å². The zero-order valence-electron chi connectivity index (χ0n) is 4.77. The molecule has 0 fully saturated rings. The summed E-state index contributed by atoms with van der Waals surface area (Å²) in [6.07, 6.45) is 0.893. The number of rotatable bonds is 3. The van der Waals surface area contributed by atoms with Gasteiger partial charge in [-0.05, 0) is 20.0 Å². The third-order valence-corrected chi connectivity index (χ3v) is 0.676. The maximum absolute atomic E-state index is 10.2. The van der Waals surface area contributed by atoms with Gasteiger partial charge in [-0.2, -0.15) is 0 Å². The van der Waals surface area contributed by atoms with Gasteiger partial charge < -0.3 is 10.4 Å². The molecule has 0 aliphatic carbocycles. The van der Waals surface area contributed by atoms with Gasteiger partial charge in [-0.15, -0.1) is 0 Å². The molecule has 0 aliphatic heterocycles. The first-order valence-electron chi connectivity index (χ1n) is 2.43. The van der Waals surface area contributed by atoms with E-state index in [1.807, 2.05) is 6.92 Å². The molecule has 0 amide bonds. The van der Waals surface area contributed by atoms with Gasteiger partial charge in [-0.1, -0.05) is 6.92 Å². The largest absolute Gasteiger partial charge is 0.772 e. The zero-order valence-corrected chi connectivity index (χ0v) is 4.77. The van der Waals surface area contributed by atoms with E-state index in [1.165, 1.54) is 0 Å². The van der Waals surface area contributed by atoms with Crippen LogP contribution in [0.2, 0.25) is 0 Å². The van der Waals surface area contributed by atoms with Crippen LogP contribution >= 0.6 is 0 Å². The smallest absolute Gasteiger partial charge is 0.000818 e. The van der Waals surface area contributed by atoms with Gasteiger partial charge in [-0.3, -0.25) is 5.43 Å². The summed E-state index contributed by atoms with van der Waals surface area (Å²) in [7, 11) is 1.61. The quantitative estimate of drug-likeness (QED) is 0.523. The summed E-state index contributed by atoms with van der Waals surface area (Å²) in [4.78, 5) is 0. The molecule has 0 atom stereocenters. The van der Waals surface area contributed by atoms with Crippen molar-refractivity contribution in [2.75, 3.05) is 13.6 Å². The molecule has 0 aromatic rings. The lowest BCUT2D eigenvalue weighted by molar-refractivity contribution is 0.300. The van der Waals surface area contributed by atoms with Crippen LogP contribution in [0.5, 0.6) is 0 Å². The molecule has 3 heteroatoms. The third-order valence-electron chi connectivity index (χ3n) is 0.676. The van der Waals surface area contributed by atoms with E-state index < -0.39 is 0 Å². The standard InChI is InChI=1S/C4H11N2O/c1-3-4-6(7)5-2/h5H,3-4H2,1-2H3/q-1. The molecule has 0 aromatic carbocycles. The minimum absolute atomic E-state index is 0.566. The maximum Gasteiger partial charge on any atom is -0.000818 e. The number of nitrogens with zero attached hydrogens (tertiary/aromatic N) is 1. The van der Waals surface area contributed by atoms with Gasteiger partial charge in [0, 0.05) is 0 Å². The molecule has 0 saturated heterocycles. The van der Waals surface area contributed by atoms with E-state index in [0.717, 1.165) is 11.6 Å². The van der Waals surface area contributed by atoms with Crippen LogP contribution in [0.3, 0.4) is 0 Å². The normalized spacial score (nSPS) is 10.3. The van der Waals surface area contributed by atoms with Crippen LogP contribution in [0.4, 0.5) is 0 Å². The number of hydroxylamine groups is 1. The lowest BCUT2D eigenvalue weighted by atomic mass is 10.5. The first kappa shape index (κ1) is 6.88. The fourth-order valence-corrected chi connectivity index (χ4v) is 0.315. The second kappa shape index (κ2) is 4.05. The maximum atomic E-state index is 10.2. The molecule has 7 heavy (non-hydrogen) atoms. The second-order valence-electron chi connectivity index (χ2n) is 1.33. The molecule has 0 saturated carbocycles. The van der Waals surface area contributed by atoms with Crippen molar-refractivity contribution in [1.29, 1.82) is 0 Å². The minimum Gasteiger partial charge on any atom is -0.772 e. The molecular weight excluding hydrogens is 92.1 g/mol. The van der Waals surface area contributed by atoms with Gasteiger partial charge in [-0.25, -0.2) is 0 Å². The van der Waals surface area contributed by atoms with Crippen molar-refractivity contribution in [2.45, 2.75) is 13.3 Å². The van der Waals surface area contributed by atoms with Gasteiger partial charge in [0.1, 0.15) is 0 Å². The summed E-state index contributed by atoms with van der Waals surface area (Å²) in [6.45, 7) is 2.53. The van der Waals surface area contributed by atoms with Crippen molar-refractivity contribution in [2.24, 2.45) is 0 Å². The van der Waals surface area contributed by atoms with E-state index in [9.17, 15) is 5.21 Å². The summed E-state index contributed by atoms with van der Waals surface area (Å²) in [5.74, 6) is 0. The third kappa shape index (κ3) is 3.72. The number of hydrogen-bond donors (Lipinski definition) is 1. The highest BCUT2D eigenvalue weighted by Gasteiger charge is 1.77. The monoisotopic (exact) mass is 103 g/mol. The first-order valence-corrected chi connectivity index (χ1v) is 2.43. The summed E-state index contributed by atoms with van der Waals surface area (Å²) in [6, 6.07) is 0. The Kier molecular flexibility index (Phi) is 3.98. The molecule has 0 bridgehead atoms. The Balaban J connectivity index is 2.83. The summed E-state index contributed by atoms with van der Waals surface area (Å²) in [5, 5.41) is 11.0. The van der Waals surface area contributed by atoms with Crippen molar-refractivity contribution in [3.8, 4) is 0 Å². The molecular formula is C4H11N2O-. The Labute approximate surface area is 43.9 Å². The average Bonchev–Trinajstić information content (AvgIpc) is 1.68. The molecule has 0 radical (unpaired) electrons. The average molecular weight is 103 g/mol. The van der Waals surface area contributed by atoms with E-state index in [4.69, 9.17) is 0 Å². The Hall–Kier alpha value is -0.120. The molecule has 0 spiro atoms. The van der Waals surface area contributed by atoms with Crippen LogP contribution in [0.15, 0.2) is 0 Å². The summed E-state index contributed by atoms with van der Waals surface area (Å²) in [5.41, 5.74) is 2.44. The molecule has 44 valence electrons. The highest BCUT2D eigenvalue weighted by Crippen LogP contribution is 1.78. The minimum atomic E-state index is 0.566. The topological polar surface area (TPSA) is 38.3 Å². The fraction of sp³-hybridized carbons (Fsp3) is 1.00. The SMILES string of the molecule is CCCN([O-])NC. The van der Waals surface area contributed by atoms with Gasteiger partial charge in [0.15, 0.2) is 0 Å². The lowest BCUT2D eigenvalue weighted by Gasteiger charge is -2.25. The molecule has 0 aliphatic rings.